The molecule has 1 amide bonds. The van der Waals surface area contributed by atoms with Crippen LogP contribution < -0.4 is 5.32 Å². The number of esters is 2. The third kappa shape index (κ3) is 3.30. The van der Waals surface area contributed by atoms with Gasteiger partial charge in [-0.2, -0.15) is 0 Å². The molecular formula is C19H19NO7. The second kappa shape index (κ2) is 7.22. The van der Waals surface area contributed by atoms with E-state index in [4.69, 9.17) is 4.74 Å². The molecule has 0 aliphatic heterocycles. The van der Waals surface area contributed by atoms with Crippen molar-refractivity contribution in [3.8, 4) is 0 Å². The minimum absolute atomic E-state index is 0.0593. The summed E-state index contributed by atoms with van der Waals surface area (Å²) in [7, 11) is 2.41. The van der Waals surface area contributed by atoms with Crippen LogP contribution in [0.25, 0.3) is 0 Å². The monoisotopic (exact) mass is 373 g/mol. The van der Waals surface area contributed by atoms with E-state index in [-0.39, 0.29) is 28.7 Å². The van der Waals surface area contributed by atoms with Crippen LogP contribution in [0.1, 0.15) is 27.1 Å². The van der Waals surface area contributed by atoms with Crippen molar-refractivity contribution in [3.05, 3.63) is 41.5 Å². The number of carboxylic acid groups (broad SMARTS) is 1. The quantitative estimate of drug-likeness (QED) is 0.596. The number of allylic oxidation sites excluding steroid dienone is 2. The third-order valence-corrected chi connectivity index (χ3v) is 5.15. The summed E-state index contributed by atoms with van der Waals surface area (Å²) < 4.78 is 9.36. The lowest BCUT2D eigenvalue weighted by atomic mass is 9.82. The van der Waals surface area contributed by atoms with Crippen molar-refractivity contribution >= 4 is 29.5 Å². The van der Waals surface area contributed by atoms with E-state index in [1.165, 1.54) is 32.4 Å². The number of carbonyl (C=O) groups excluding carboxylic acids is 3. The Morgan fingerprint density at radius 1 is 1.00 bits per heavy atom. The summed E-state index contributed by atoms with van der Waals surface area (Å²) >= 11 is 0. The van der Waals surface area contributed by atoms with Gasteiger partial charge in [0.15, 0.2) is 0 Å². The molecule has 2 aliphatic rings. The highest BCUT2D eigenvalue weighted by Crippen LogP contribution is 2.48. The van der Waals surface area contributed by atoms with E-state index in [1.807, 2.05) is 12.2 Å². The topological polar surface area (TPSA) is 119 Å². The SMILES string of the molecule is COC(=O)c1ccc(C(=O)OC)c(NC(=O)C2C3C=CC(C3)C2C(=O)O)c1. The molecule has 4 atom stereocenters. The molecule has 3 rings (SSSR count). The average molecular weight is 373 g/mol. The minimum atomic E-state index is -1.02. The Bertz CT molecular complexity index is 844. The standard InChI is InChI=1S/C19H19NO7/c1-26-18(24)11-5-6-12(19(25)27-2)13(8-11)20-16(21)14-9-3-4-10(7-9)15(14)17(22)23/h3-6,8-10,14-15H,7H2,1-2H3,(H,20,21)(H,22,23). The predicted octanol–water partition coefficient (Wildman–Crippen LogP) is 1.72. The number of amides is 1. The number of carboxylic acids is 1. The fourth-order valence-electron chi connectivity index (χ4n) is 3.91. The summed E-state index contributed by atoms with van der Waals surface area (Å²) in [6.07, 6.45) is 4.31. The number of fused-ring (bicyclic) bond motifs is 2. The number of carbonyl (C=O) groups is 4. The molecule has 0 heterocycles. The largest absolute Gasteiger partial charge is 0.481 e. The Hall–Kier alpha value is -3.16. The Kier molecular flexibility index (Phi) is 4.98. The maximum atomic E-state index is 12.9. The lowest BCUT2D eigenvalue weighted by Gasteiger charge is -2.24. The van der Waals surface area contributed by atoms with Gasteiger partial charge in [-0.05, 0) is 36.5 Å². The molecule has 1 aromatic carbocycles. The number of hydrogen-bond acceptors (Lipinski definition) is 6. The molecule has 0 radical (unpaired) electrons. The first-order chi connectivity index (χ1) is 12.9. The first kappa shape index (κ1) is 18.6. The highest BCUT2D eigenvalue weighted by molar-refractivity contribution is 6.04. The Labute approximate surface area is 155 Å². The molecule has 4 unspecified atom stereocenters. The molecule has 0 spiro atoms. The van der Waals surface area contributed by atoms with E-state index in [2.05, 4.69) is 10.1 Å². The van der Waals surface area contributed by atoms with Gasteiger partial charge in [-0.1, -0.05) is 12.2 Å². The molecule has 1 saturated carbocycles. The van der Waals surface area contributed by atoms with Crippen LogP contribution in [0.3, 0.4) is 0 Å². The fourth-order valence-corrected chi connectivity index (χ4v) is 3.91. The smallest absolute Gasteiger partial charge is 0.339 e. The summed E-state index contributed by atoms with van der Waals surface area (Å²) in [6.45, 7) is 0. The van der Waals surface area contributed by atoms with Crippen molar-refractivity contribution in [1.29, 1.82) is 0 Å². The predicted molar refractivity (Wildman–Crippen MR) is 93.1 cm³/mol. The number of rotatable bonds is 5. The molecular weight excluding hydrogens is 354 g/mol. The van der Waals surface area contributed by atoms with Gasteiger partial charge in [0.2, 0.25) is 5.91 Å². The van der Waals surface area contributed by atoms with Gasteiger partial charge in [-0.25, -0.2) is 9.59 Å². The first-order valence-corrected chi connectivity index (χ1v) is 8.40. The number of hydrogen-bond donors (Lipinski definition) is 2. The molecule has 27 heavy (non-hydrogen) atoms. The first-order valence-electron chi connectivity index (χ1n) is 8.40. The van der Waals surface area contributed by atoms with Crippen LogP contribution in [0.4, 0.5) is 5.69 Å². The van der Waals surface area contributed by atoms with E-state index in [0.29, 0.717) is 6.42 Å². The summed E-state index contributed by atoms with van der Waals surface area (Å²) in [5.74, 6) is -4.76. The van der Waals surface area contributed by atoms with E-state index < -0.39 is 35.7 Å². The Morgan fingerprint density at radius 3 is 2.22 bits per heavy atom. The van der Waals surface area contributed by atoms with E-state index in [9.17, 15) is 24.3 Å². The number of nitrogens with one attached hydrogen (secondary N) is 1. The van der Waals surface area contributed by atoms with Crippen molar-refractivity contribution in [2.45, 2.75) is 6.42 Å². The van der Waals surface area contributed by atoms with Gasteiger partial charge < -0.3 is 19.9 Å². The zero-order valence-electron chi connectivity index (χ0n) is 14.8. The van der Waals surface area contributed by atoms with Gasteiger partial charge in [-0.3, -0.25) is 9.59 Å². The van der Waals surface area contributed by atoms with Crippen molar-refractivity contribution < 1.29 is 33.8 Å². The number of benzene rings is 1. The molecule has 8 heteroatoms. The number of methoxy groups -OCH3 is 2. The maximum absolute atomic E-state index is 12.9. The van der Waals surface area contributed by atoms with Crippen LogP contribution in [0, 0.1) is 23.7 Å². The number of anilines is 1. The van der Waals surface area contributed by atoms with Crippen LogP contribution >= 0.6 is 0 Å². The van der Waals surface area contributed by atoms with Gasteiger partial charge in [0, 0.05) is 0 Å². The lowest BCUT2D eigenvalue weighted by Crippen LogP contribution is -2.36. The van der Waals surface area contributed by atoms with E-state index in [0.717, 1.165) is 0 Å². The molecule has 2 aliphatic carbocycles. The molecule has 2 bridgehead atoms. The van der Waals surface area contributed by atoms with E-state index in [1.54, 1.807) is 0 Å². The molecule has 1 aromatic rings. The second-order valence-corrected chi connectivity index (χ2v) is 6.57. The van der Waals surface area contributed by atoms with Crippen molar-refractivity contribution in [2.75, 3.05) is 19.5 Å². The fraction of sp³-hybridized carbons (Fsp3) is 0.368. The van der Waals surface area contributed by atoms with Crippen molar-refractivity contribution in [2.24, 2.45) is 23.7 Å². The van der Waals surface area contributed by atoms with Gasteiger partial charge in [-0.15, -0.1) is 0 Å². The summed E-state index contributed by atoms with van der Waals surface area (Å²) in [6, 6.07) is 4.05. The summed E-state index contributed by atoms with van der Waals surface area (Å²) in [5, 5.41) is 12.1. The Morgan fingerprint density at radius 2 is 1.63 bits per heavy atom. The Balaban J connectivity index is 1.92. The molecule has 1 fully saturated rings. The van der Waals surface area contributed by atoms with Gasteiger partial charge >= 0.3 is 17.9 Å². The molecule has 142 valence electrons. The third-order valence-electron chi connectivity index (χ3n) is 5.15. The average Bonchev–Trinajstić information content (AvgIpc) is 3.28. The normalized spacial score (nSPS) is 25.1. The minimum Gasteiger partial charge on any atom is -0.481 e. The van der Waals surface area contributed by atoms with E-state index >= 15 is 0 Å². The lowest BCUT2D eigenvalue weighted by molar-refractivity contribution is -0.146. The molecule has 2 N–H and O–H groups in total. The number of ether oxygens (including phenoxy) is 2. The van der Waals surface area contributed by atoms with Gasteiger partial charge in [0.1, 0.15) is 0 Å². The number of aliphatic carboxylic acids is 1. The second-order valence-electron chi connectivity index (χ2n) is 6.57. The maximum Gasteiger partial charge on any atom is 0.339 e. The van der Waals surface area contributed by atoms with Gasteiger partial charge in [0.05, 0.1) is 42.9 Å². The zero-order valence-corrected chi connectivity index (χ0v) is 14.8. The summed E-state index contributed by atoms with van der Waals surface area (Å²) in [5.41, 5.74) is 0.276. The summed E-state index contributed by atoms with van der Waals surface area (Å²) in [4.78, 5) is 48.2. The zero-order chi connectivity index (χ0) is 19.7. The van der Waals surface area contributed by atoms with Crippen LogP contribution in [0.15, 0.2) is 30.4 Å². The molecule has 8 nitrogen and oxygen atoms in total. The molecule has 0 saturated heterocycles. The van der Waals surface area contributed by atoms with Crippen molar-refractivity contribution in [1.82, 2.24) is 0 Å². The van der Waals surface area contributed by atoms with Crippen LogP contribution in [-0.4, -0.2) is 43.1 Å². The van der Waals surface area contributed by atoms with Crippen molar-refractivity contribution in [3.63, 3.8) is 0 Å². The van der Waals surface area contributed by atoms with Crippen LogP contribution in [0.5, 0.6) is 0 Å². The van der Waals surface area contributed by atoms with Crippen LogP contribution in [-0.2, 0) is 19.1 Å². The highest BCUT2D eigenvalue weighted by Gasteiger charge is 2.51. The van der Waals surface area contributed by atoms with Gasteiger partial charge in [0.25, 0.3) is 0 Å². The van der Waals surface area contributed by atoms with Crippen LogP contribution in [0.2, 0.25) is 0 Å². The molecule has 0 aromatic heterocycles. The highest BCUT2D eigenvalue weighted by atomic mass is 16.5.